The smallest absolute Gasteiger partial charge is 0.0801 e. The molecule has 2 aliphatic rings. The van der Waals surface area contributed by atoms with Gasteiger partial charge in [-0.25, -0.2) is 0 Å². The molecule has 0 aromatic carbocycles. The van der Waals surface area contributed by atoms with E-state index in [2.05, 4.69) is 58.4 Å². The lowest BCUT2D eigenvalue weighted by molar-refractivity contribution is 0.529. The Hall–Kier alpha value is -1.17. The zero-order valence-electron chi connectivity index (χ0n) is 11.5. The predicted octanol–water partition coefficient (Wildman–Crippen LogP) is 5.16. The van der Waals surface area contributed by atoms with Gasteiger partial charge < -0.3 is 0 Å². The lowest BCUT2D eigenvalue weighted by Crippen LogP contribution is -2.19. The van der Waals surface area contributed by atoms with E-state index >= 15 is 0 Å². The summed E-state index contributed by atoms with van der Waals surface area (Å²) in [5.74, 6) is 0. The number of rotatable bonds is 4. The summed E-state index contributed by atoms with van der Waals surface area (Å²) >= 11 is 0. The van der Waals surface area contributed by atoms with Crippen LogP contribution < -0.4 is 0 Å². The Kier molecular flexibility index (Phi) is 3.33. The SMILES string of the molecule is CCC1=C[CH+]C=C1C(C)(C)C1=C(CC)C=CC1. The third-order valence-corrected chi connectivity index (χ3v) is 4.12. The minimum Gasteiger partial charge on any atom is -0.0801 e. The highest BCUT2D eigenvalue weighted by Gasteiger charge is 2.39. The molecule has 17 heavy (non-hydrogen) atoms. The van der Waals surface area contributed by atoms with Crippen LogP contribution in [0.25, 0.3) is 0 Å². The summed E-state index contributed by atoms with van der Waals surface area (Å²) in [5, 5.41) is 0. The van der Waals surface area contributed by atoms with Crippen molar-refractivity contribution in [3.8, 4) is 0 Å². The Balaban J connectivity index is 2.35. The van der Waals surface area contributed by atoms with E-state index in [1.165, 1.54) is 11.1 Å². The Bertz CT molecular complexity index is 425. The number of hydrogen-bond acceptors (Lipinski definition) is 0. The van der Waals surface area contributed by atoms with Crippen LogP contribution in [0.15, 0.2) is 46.6 Å². The van der Waals surface area contributed by atoms with Gasteiger partial charge >= 0.3 is 0 Å². The van der Waals surface area contributed by atoms with Crippen LogP contribution in [0.1, 0.15) is 47.0 Å². The van der Waals surface area contributed by atoms with Crippen LogP contribution in [-0.2, 0) is 0 Å². The maximum Gasteiger partial charge on any atom is 0.106 e. The summed E-state index contributed by atoms with van der Waals surface area (Å²) < 4.78 is 0. The molecule has 0 heterocycles. The molecule has 0 saturated carbocycles. The third kappa shape index (κ3) is 2.01. The van der Waals surface area contributed by atoms with Crippen molar-refractivity contribution in [2.24, 2.45) is 5.41 Å². The highest BCUT2D eigenvalue weighted by atomic mass is 14.4. The largest absolute Gasteiger partial charge is 0.106 e. The first kappa shape index (κ1) is 12.3. The molecule has 90 valence electrons. The molecule has 0 N–H and O–H groups in total. The fourth-order valence-electron chi connectivity index (χ4n) is 3.08. The van der Waals surface area contributed by atoms with Crippen LogP contribution in [0, 0.1) is 11.8 Å². The van der Waals surface area contributed by atoms with Crippen LogP contribution in [0.4, 0.5) is 0 Å². The molecular weight excluding hydrogens is 204 g/mol. The van der Waals surface area contributed by atoms with E-state index in [0.717, 1.165) is 19.3 Å². The molecule has 0 aromatic heterocycles. The zero-order valence-corrected chi connectivity index (χ0v) is 11.5. The zero-order chi connectivity index (χ0) is 12.5. The van der Waals surface area contributed by atoms with Gasteiger partial charge in [0.2, 0.25) is 0 Å². The maximum atomic E-state index is 2.37. The lowest BCUT2D eigenvalue weighted by atomic mass is 9.72. The summed E-state index contributed by atoms with van der Waals surface area (Å²) in [5.41, 5.74) is 6.36. The summed E-state index contributed by atoms with van der Waals surface area (Å²) in [6.07, 6.45) is 14.8. The van der Waals surface area contributed by atoms with Gasteiger partial charge in [-0.3, -0.25) is 0 Å². The molecule has 0 nitrogen and oxygen atoms in total. The molecule has 0 aliphatic heterocycles. The first-order valence-corrected chi connectivity index (χ1v) is 6.75. The van der Waals surface area contributed by atoms with Crippen molar-refractivity contribution in [3.05, 3.63) is 53.0 Å². The Morgan fingerprint density at radius 1 is 1.18 bits per heavy atom. The molecular formula is C17H23+. The molecule has 0 unspecified atom stereocenters. The first-order valence-electron chi connectivity index (χ1n) is 6.75. The molecule has 0 radical (unpaired) electrons. The van der Waals surface area contributed by atoms with Crippen molar-refractivity contribution >= 4 is 0 Å². The average molecular weight is 227 g/mol. The summed E-state index contributed by atoms with van der Waals surface area (Å²) in [6.45, 7) is 9.25. The highest BCUT2D eigenvalue weighted by molar-refractivity contribution is 5.52. The summed E-state index contributed by atoms with van der Waals surface area (Å²) in [4.78, 5) is 0. The molecule has 0 spiro atoms. The molecule has 0 fully saturated rings. The van der Waals surface area contributed by atoms with Crippen molar-refractivity contribution in [3.63, 3.8) is 0 Å². The molecule has 2 aliphatic carbocycles. The van der Waals surface area contributed by atoms with Crippen LogP contribution in [-0.4, -0.2) is 0 Å². The fourth-order valence-corrected chi connectivity index (χ4v) is 3.08. The van der Waals surface area contributed by atoms with E-state index in [4.69, 9.17) is 0 Å². The van der Waals surface area contributed by atoms with Gasteiger partial charge in [-0.1, -0.05) is 19.1 Å². The highest BCUT2D eigenvalue weighted by Crippen LogP contribution is 2.46. The standard InChI is InChI=1S/C17H23/c1-5-13-9-7-11-15(13)17(3,4)16-12-8-10-14(16)6-2/h7-11H,5-6,12H2,1-4H3/q+1. The van der Waals surface area contributed by atoms with Crippen molar-refractivity contribution < 1.29 is 0 Å². The topological polar surface area (TPSA) is 0 Å². The molecule has 0 aromatic rings. The van der Waals surface area contributed by atoms with Gasteiger partial charge in [-0.2, -0.15) is 0 Å². The van der Waals surface area contributed by atoms with E-state index in [9.17, 15) is 0 Å². The van der Waals surface area contributed by atoms with Crippen molar-refractivity contribution in [2.75, 3.05) is 0 Å². The second kappa shape index (κ2) is 4.60. The second-order valence-corrected chi connectivity index (χ2v) is 5.41. The number of allylic oxidation sites excluding steroid dienone is 8. The Morgan fingerprint density at radius 2 is 1.94 bits per heavy atom. The van der Waals surface area contributed by atoms with Crippen molar-refractivity contribution in [1.82, 2.24) is 0 Å². The normalized spacial score (nSPS) is 19.5. The third-order valence-electron chi connectivity index (χ3n) is 4.12. The van der Waals surface area contributed by atoms with E-state index in [0.29, 0.717) is 0 Å². The minimum absolute atomic E-state index is 0.184. The summed E-state index contributed by atoms with van der Waals surface area (Å²) in [6, 6.07) is 0. The maximum absolute atomic E-state index is 2.37. The fraction of sp³-hybridized carbons (Fsp3) is 0.471. The van der Waals surface area contributed by atoms with Gasteiger partial charge in [0.15, 0.2) is 0 Å². The van der Waals surface area contributed by atoms with Gasteiger partial charge in [-0.05, 0) is 44.8 Å². The Morgan fingerprint density at radius 3 is 2.59 bits per heavy atom. The van der Waals surface area contributed by atoms with Gasteiger partial charge in [0.05, 0.1) is 23.1 Å². The lowest BCUT2D eigenvalue weighted by Gasteiger charge is -2.26. The molecule has 0 atom stereocenters. The minimum atomic E-state index is 0.184. The van der Waals surface area contributed by atoms with Gasteiger partial charge in [-0.15, -0.1) is 0 Å². The second-order valence-electron chi connectivity index (χ2n) is 5.41. The molecule has 2 rings (SSSR count). The van der Waals surface area contributed by atoms with Gasteiger partial charge in [0.25, 0.3) is 0 Å². The molecule has 0 heteroatoms. The van der Waals surface area contributed by atoms with Crippen molar-refractivity contribution in [1.29, 1.82) is 0 Å². The molecule has 0 amide bonds. The van der Waals surface area contributed by atoms with E-state index in [1.807, 2.05) is 0 Å². The van der Waals surface area contributed by atoms with E-state index in [-0.39, 0.29) is 5.41 Å². The van der Waals surface area contributed by atoms with E-state index in [1.54, 1.807) is 11.1 Å². The van der Waals surface area contributed by atoms with Crippen LogP contribution >= 0.6 is 0 Å². The monoisotopic (exact) mass is 227 g/mol. The molecule has 0 bridgehead atoms. The van der Waals surface area contributed by atoms with E-state index < -0.39 is 0 Å². The average Bonchev–Trinajstić information content (AvgIpc) is 2.97. The predicted molar refractivity (Wildman–Crippen MR) is 75.6 cm³/mol. The number of hydrogen-bond donors (Lipinski definition) is 0. The van der Waals surface area contributed by atoms with Crippen LogP contribution in [0.3, 0.4) is 0 Å². The van der Waals surface area contributed by atoms with Gasteiger partial charge in [0, 0.05) is 12.8 Å². The van der Waals surface area contributed by atoms with Crippen LogP contribution in [0.5, 0.6) is 0 Å². The molecule has 0 saturated heterocycles. The van der Waals surface area contributed by atoms with Crippen molar-refractivity contribution in [2.45, 2.75) is 47.0 Å². The quantitative estimate of drug-likeness (QED) is 0.582. The first-order chi connectivity index (χ1) is 8.11. The Labute approximate surface area is 106 Å². The summed E-state index contributed by atoms with van der Waals surface area (Å²) in [7, 11) is 0. The van der Waals surface area contributed by atoms with Crippen LogP contribution in [0.2, 0.25) is 0 Å². The van der Waals surface area contributed by atoms with Gasteiger partial charge in [0.1, 0.15) is 5.57 Å².